The first-order valence-corrected chi connectivity index (χ1v) is 13.6. The van der Waals surface area contributed by atoms with E-state index in [1.165, 1.54) is 34.8 Å². The highest BCUT2D eigenvalue weighted by atomic mass is 19.4. The SMILES string of the molecule is CCCCCN(C(=O)Nc1ccccc1C(F)(F)F)C(CC)c1nc2ccccc2c(=O)n1-c1ccccc1OC. The molecule has 0 aliphatic rings. The van der Waals surface area contributed by atoms with Gasteiger partial charge in [-0.25, -0.2) is 9.78 Å². The number of carbonyl (C=O) groups is 1. The molecule has 1 N–H and O–H groups in total. The first kappa shape index (κ1) is 29.6. The predicted octanol–water partition coefficient (Wildman–Crippen LogP) is 7.59. The molecule has 1 unspecified atom stereocenters. The summed E-state index contributed by atoms with van der Waals surface area (Å²) in [6, 6.07) is 17.3. The molecule has 3 aromatic carbocycles. The van der Waals surface area contributed by atoms with Crippen LogP contribution in [0.4, 0.5) is 23.7 Å². The van der Waals surface area contributed by atoms with Gasteiger partial charge in [-0.15, -0.1) is 0 Å². The van der Waals surface area contributed by atoms with E-state index in [1.807, 2.05) is 13.8 Å². The van der Waals surface area contributed by atoms with Gasteiger partial charge in [-0.3, -0.25) is 9.36 Å². The van der Waals surface area contributed by atoms with Gasteiger partial charge in [0.15, 0.2) is 0 Å². The lowest BCUT2D eigenvalue weighted by molar-refractivity contribution is -0.136. The van der Waals surface area contributed by atoms with Gasteiger partial charge in [-0.1, -0.05) is 63.1 Å². The summed E-state index contributed by atoms with van der Waals surface area (Å²) < 4.78 is 48.2. The maximum atomic E-state index is 14.0. The van der Waals surface area contributed by atoms with Crippen LogP contribution in [0.5, 0.6) is 5.75 Å². The van der Waals surface area contributed by atoms with Crippen LogP contribution in [0.3, 0.4) is 0 Å². The number of carbonyl (C=O) groups excluding carboxylic acids is 1. The van der Waals surface area contributed by atoms with Crippen LogP contribution in [-0.2, 0) is 6.18 Å². The Morgan fingerprint density at radius 2 is 1.68 bits per heavy atom. The van der Waals surface area contributed by atoms with Crippen molar-refractivity contribution in [2.24, 2.45) is 0 Å². The quantitative estimate of drug-likeness (QED) is 0.201. The Bertz CT molecular complexity index is 1570. The van der Waals surface area contributed by atoms with Crippen molar-refractivity contribution in [3.8, 4) is 11.4 Å². The zero-order chi connectivity index (χ0) is 29.6. The Morgan fingerprint density at radius 1 is 1.00 bits per heavy atom. The van der Waals surface area contributed by atoms with Gasteiger partial charge < -0.3 is 15.0 Å². The standard InChI is InChI=1S/C31H33F3N4O3/c1-4-6-13-20-37(30(40)36-24-17-10-8-15-22(24)31(32,33)34)25(5-2)28-35-23-16-9-7-14-21(23)29(39)38(28)26-18-11-12-19-27(26)41-3/h7-12,14-19,25H,4-6,13,20H2,1-3H3,(H,36,40). The number of benzene rings is 3. The van der Waals surface area contributed by atoms with Crippen LogP contribution in [0.15, 0.2) is 77.6 Å². The molecule has 0 aliphatic carbocycles. The van der Waals surface area contributed by atoms with E-state index in [2.05, 4.69) is 5.32 Å². The molecular formula is C31H33F3N4O3. The van der Waals surface area contributed by atoms with Crippen LogP contribution in [0.2, 0.25) is 0 Å². The molecule has 2 amide bonds. The number of methoxy groups -OCH3 is 1. The Morgan fingerprint density at radius 3 is 2.39 bits per heavy atom. The molecule has 216 valence electrons. The highest BCUT2D eigenvalue weighted by molar-refractivity contribution is 5.90. The number of amides is 2. The lowest BCUT2D eigenvalue weighted by Crippen LogP contribution is -2.41. The lowest BCUT2D eigenvalue weighted by Gasteiger charge is -2.33. The number of para-hydroxylation sites is 4. The van der Waals surface area contributed by atoms with Gasteiger partial charge in [0.2, 0.25) is 0 Å². The molecule has 0 fully saturated rings. The number of anilines is 1. The summed E-state index contributed by atoms with van der Waals surface area (Å²) >= 11 is 0. The second-order valence-corrected chi connectivity index (χ2v) is 9.60. The topological polar surface area (TPSA) is 76.5 Å². The molecule has 0 bridgehead atoms. The van der Waals surface area contributed by atoms with Gasteiger partial charge in [0.25, 0.3) is 5.56 Å². The molecule has 4 aromatic rings. The van der Waals surface area contributed by atoms with Gasteiger partial charge in [0.1, 0.15) is 11.6 Å². The Kier molecular flexibility index (Phi) is 9.31. The molecule has 0 saturated carbocycles. The zero-order valence-electron chi connectivity index (χ0n) is 23.2. The van der Waals surface area contributed by atoms with Crippen molar-refractivity contribution in [1.82, 2.24) is 14.5 Å². The summed E-state index contributed by atoms with van der Waals surface area (Å²) in [5.41, 5.74) is -0.722. The molecule has 0 radical (unpaired) electrons. The summed E-state index contributed by atoms with van der Waals surface area (Å²) in [4.78, 5) is 34.1. The Labute approximate surface area is 236 Å². The second kappa shape index (κ2) is 12.9. The minimum atomic E-state index is -4.65. The maximum absolute atomic E-state index is 14.0. The fourth-order valence-electron chi connectivity index (χ4n) is 4.92. The van der Waals surface area contributed by atoms with Crippen LogP contribution in [-0.4, -0.2) is 34.1 Å². The van der Waals surface area contributed by atoms with Crippen LogP contribution < -0.4 is 15.6 Å². The van der Waals surface area contributed by atoms with Gasteiger partial charge in [0, 0.05) is 6.54 Å². The fraction of sp³-hybridized carbons (Fsp3) is 0.323. The van der Waals surface area contributed by atoms with Crippen LogP contribution in [0.1, 0.15) is 57.0 Å². The highest BCUT2D eigenvalue weighted by Gasteiger charge is 2.35. The molecule has 7 nitrogen and oxygen atoms in total. The van der Waals surface area contributed by atoms with Crippen LogP contribution in [0, 0.1) is 0 Å². The molecule has 0 spiro atoms. The van der Waals surface area contributed by atoms with Crippen LogP contribution in [0.25, 0.3) is 16.6 Å². The number of urea groups is 1. The van der Waals surface area contributed by atoms with E-state index in [9.17, 15) is 22.8 Å². The van der Waals surface area contributed by atoms with Crippen molar-refractivity contribution in [3.05, 3.63) is 94.5 Å². The zero-order valence-corrected chi connectivity index (χ0v) is 23.2. The normalized spacial score (nSPS) is 12.2. The van der Waals surface area contributed by atoms with Gasteiger partial charge in [-0.2, -0.15) is 13.2 Å². The largest absolute Gasteiger partial charge is 0.495 e. The van der Waals surface area contributed by atoms with E-state index in [1.54, 1.807) is 48.5 Å². The summed E-state index contributed by atoms with van der Waals surface area (Å²) in [5, 5.41) is 2.88. The molecule has 1 atom stereocenters. The first-order chi connectivity index (χ1) is 19.7. The molecule has 0 aliphatic heterocycles. The summed E-state index contributed by atoms with van der Waals surface area (Å²) in [7, 11) is 1.50. The first-order valence-electron chi connectivity index (χ1n) is 13.6. The minimum absolute atomic E-state index is 0.251. The van der Waals surface area contributed by atoms with E-state index in [4.69, 9.17) is 9.72 Å². The highest BCUT2D eigenvalue weighted by Crippen LogP contribution is 2.35. The van der Waals surface area contributed by atoms with Crippen molar-refractivity contribution in [2.45, 2.75) is 51.7 Å². The van der Waals surface area contributed by atoms with E-state index in [0.717, 1.165) is 18.9 Å². The number of ether oxygens (including phenoxy) is 1. The lowest BCUT2D eigenvalue weighted by atomic mass is 10.1. The van der Waals surface area contributed by atoms with E-state index in [-0.39, 0.29) is 23.6 Å². The van der Waals surface area contributed by atoms with Crippen molar-refractivity contribution in [3.63, 3.8) is 0 Å². The van der Waals surface area contributed by atoms with Crippen molar-refractivity contribution < 1.29 is 22.7 Å². The molecule has 0 saturated heterocycles. The van der Waals surface area contributed by atoms with E-state index < -0.39 is 23.8 Å². The predicted molar refractivity (Wildman–Crippen MR) is 154 cm³/mol. The summed E-state index contributed by atoms with van der Waals surface area (Å²) in [6.45, 7) is 4.12. The van der Waals surface area contributed by atoms with Gasteiger partial charge in [0.05, 0.1) is 41.0 Å². The van der Waals surface area contributed by atoms with Gasteiger partial charge >= 0.3 is 12.2 Å². The number of halogens is 3. The minimum Gasteiger partial charge on any atom is -0.495 e. The van der Waals surface area contributed by atoms with E-state index >= 15 is 0 Å². The second-order valence-electron chi connectivity index (χ2n) is 9.60. The molecule has 4 rings (SSSR count). The Balaban J connectivity index is 1.89. The number of rotatable bonds is 10. The molecule has 1 aromatic heterocycles. The number of aromatic nitrogens is 2. The van der Waals surface area contributed by atoms with Gasteiger partial charge in [-0.05, 0) is 49.2 Å². The summed E-state index contributed by atoms with van der Waals surface area (Å²) in [5.74, 6) is 0.723. The van der Waals surface area contributed by atoms with Crippen LogP contribution >= 0.6 is 0 Å². The average Bonchev–Trinajstić information content (AvgIpc) is 2.96. The number of fused-ring (bicyclic) bond motifs is 1. The fourth-order valence-corrected chi connectivity index (χ4v) is 4.92. The van der Waals surface area contributed by atoms with Crippen molar-refractivity contribution in [1.29, 1.82) is 0 Å². The number of hydrogen-bond donors (Lipinski definition) is 1. The monoisotopic (exact) mass is 566 g/mol. The molecule has 41 heavy (non-hydrogen) atoms. The van der Waals surface area contributed by atoms with E-state index in [0.29, 0.717) is 35.2 Å². The number of hydrogen-bond acceptors (Lipinski definition) is 4. The summed E-state index contributed by atoms with van der Waals surface area (Å²) in [6.07, 6.45) is -1.99. The van der Waals surface area contributed by atoms with Crippen molar-refractivity contribution in [2.75, 3.05) is 19.0 Å². The smallest absolute Gasteiger partial charge is 0.418 e. The number of nitrogens with zero attached hydrogens (tertiary/aromatic N) is 3. The maximum Gasteiger partial charge on any atom is 0.418 e. The average molecular weight is 567 g/mol. The number of unbranched alkanes of at least 4 members (excludes halogenated alkanes) is 2. The number of nitrogens with one attached hydrogen (secondary N) is 1. The molecule has 1 heterocycles. The Hall–Kier alpha value is -4.34. The molecular weight excluding hydrogens is 533 g/mol. The third kappa shape index (κ3) is 6.37. The molecule has 10 heteroatoms. The third-order valence-electron chi connectivity index (χ3n) is 6.93. The van der Waals surface area contributed by atoms with Crippen molar-refractivity contribution >= 4 is 22.6 Å². The number of alkyl halides is 3. The third-order valence-corrected chi connectivity index (χ3v) is 6.93.